The van der Waals surface area contributed by atoms with E-state index in [1.807, 2.05) is 0 Å². The molecule has 98 valence electrons. The van der Waals surface area contributed by atoms with E-state index in [4.69, 9.17) is 5.73 Å². The lowest BCUT2D eigenvalue weighted by Gasteiger charge is -2.30. The Morgan fingerprint density at radius 2 is 1.94 bits per heavy atom. The largest absolute Gasteiger partial charge is 0.330 e. The van der Waals surface area contributed by atoms with Crippen LogP contribution in [0.15, 0.2) is 24.3 Å². The molecule has 0 aromatic heterocycles. The summed E-state index contributed by atoms with van der Waals surface area (Å²) in [6, 6.07) is 10.2. The number of nitrogens with one attached hydrogen (secondary N) is 1. The second-order valence-electron chi connectivity index (χ2n) is 5.91. The SMILES string of the molecule is NCC1CCCC1NC1CCc2ccccc2C1. The highest BCUT2D eigenvalue weighted by Gasteiger charge is 2.29. The van der Waals surface area contributed by atoms with Crippen molar-refractivity contribution in [3.8, 4) is 0 Å². The van der Waals surface area contributed by atoms with Gasteiger partial charge in [-0.1, -0.05) is 30.7 Å². The van der Waals surface area contributed by atoms with Crippen molar-refractivity contribution in [3.05, 3.63) is 35.4 Å². The summed E-state index contributed by atoms with van der Waals surface area (Å²) in [5.41, 5.74) is 8.96. The van der Waals surface area contributed by atoms with Crippen molar-refractivity contribution < 1.29 is 0 Å². The average Bonchev–Trinajstić information content (AvgIpc) is 2.86. The first-order valence-corrected chi connectivity index (χ1v) is 7.39. The van der Waals surface area contributed by atoms with Gasteiger partial charge in [0.05, 0.1) is 0 Å². The Kier molecular flexibility index (Phi) is 3.67. The molecule has 1 aromatic rings. The second kappa shape index (κ2) is 5.41. The zero-order chi connectivity index (χ0) is 12.4. The highest BCUT2D eigenvalue weighted by Crippen LogP contribution is 2.27. The Hall–Kier alpha value is -0.860. The summed E-state index contributed by atoms with van der Waals surface area (Å²) in [5.74, 6) is 0.710. The zero-order valence-corrected chi connectivity index (χ0v) is 11.1. The Labute approximate surface area is 110 Å². The van der Waals surface area contributed by atoms with Gasteiger partial charge in [-0.05, 0) is 55.7 Å². The van der Waals surface area contributed by atoms with Crippen molar-refractivity contribution in [3.63, 3.8) is 0 Å². The van der Waals surface area contributed by atoms with E-state index in [1.165, 1.54) is 38.5 Å². The van der Waals surface area contributed by atoms with E-state index in [0.717, 1.165) is 6.54 Å². The van der Waals surface area contributed by atoms with Crippen LogP contribution in [0.2, 0.25) is 0 Å². The standard InChI is InChI=1S/C16H24N2/c17-11-14-6-3-7-16(14)18-15-9-8-12-4-1-2-5-13(12)10-15/h1-2,4-5,14-16,18H,3,6-11,17H2. The minimum absolute atomic E-state index is 0.664. The van der Waals surface area contributed by atoms with Crippen molar-refractivity contribution >= 4 is 0 Å². The first-order chi connectivity index (χ1) is 8.86. The van der Waals surface area contributed by atoms with Crippen LogP contribution in [0.25, 0.3) is 0 Å². The quantitative estimate of drug-likeness (QED) is 0.856. The van der Waals surface area contributed by atoms with Crippen LogP contribution in [0.5, 0.6) is 0 Å². The lowest BCUT2D eigenvalue weighted by molar-refractivity contribution is 0.339. The van der Waals surface area contributed by atoms with E-state index in [9.17, 15) is 0 Å². The molecule has 18 heavy (non-hydrogen) atoms. The van der Waals surface area contributed by atoms with Gasteiger partial charge in [-0.25, -0.2) is 0 Å². The molecule has 2 aliphatic carbocycles. The van der Waals surface area contributed by atoms with Gasteiger partial charge in [-0.2, -0.15) is 0 Å². The topological polar surface area (TPSA) is 38.0 Å². The van der Waals surface area contributed by atoms with Crippen molar-refractivity contribution in [1.82, 2.24) is 5.32 Å². The van der Waals surface area contributed by atoms with Gasteiger partial charge in [0.1, 0.15) is 0 Å². The van der Waals surface area contributed by atoms with E-state index < -0.39 is 0 Å². The summed E-state index contributed by atoms with van der Waals surface area (Å²) in [5, 5.41) is 3.88. The molecule has 2 nitrogen and oxygen atoms in total. The van der Waals surface area contributed by atoms with Crippen LogP contribution in [0.1, 0.15) is 36.8 Å². The number of fused-ring (bicyclic) bond motifs is 1. The van der Waals surface area contributed by atoms with Crippen LogP contribution in [0.3, 0.4) is 0 Å². The summed E-state index contributed by atoms with van der Waals surface area (Å²) in [6.45, 7) is 0.848. The Bertz CT molecular complexity index is 402. The van der Waals surface area contributed by atoms with Gasteiger partial charge in [0.25, 0.3) is 0 Å². The molecule has 3 atom stereocenters. The number of aryl methyl sites for hydroxylation is 1. The number of rotatable bonds is 3. The average molecular weight is 244 g/mol. The smallest absolute Gasteiger partial charge is 0.0113 e. The Balaban J connectivity index is 1.62. The molecule has 1 fully saturated rings. The second-order valence-corrected chi connectivity index (χ2v) is 5.91. The predicted octanol–water partition coefficient (Wildman–Crippen LogP) is 2.26. The normalized spacial score (nSPS) is 31.3. The van der Waals surface area contributed by atoms with Gasteiger partial charge in [-0.3, -0.25) is 0 Å². The molecule has 0 saturated heterocycles. The van der Waals surface area contributed by atoms with Gasteiger partial charge < -0.3 is 11.1 Å². The maximum absolute atomic E-state index is 5.87. The third-order valence-electron chi connectivity index (χ3n) is 4.76. The predicted molar refractivity (Wildman–Crippen MR) is 75.6 cm³/mol. The Morgan fingerprint density at radius 3 is 2.78 bits per heavy atom. The van der Waals surface area contributed by atoms with Gasteiger partial charge >= 0.3 is 0 Å². The van der Waals surface area contributed by atoms with E-state index >= 15 is 0 Å². The van der Waals surface area contributed by atoms with Crippen molar-refractivity contribution in [2.75, 3.05) is 6.54 Å². The molecule has 3 N–H and O–H groups in total. The molecule has 0 aliphatic heterocycles. The molecule has 0 amide bonds. The van der Waals surface area contributed by atoms with E-state index in [2.05, 4.69) is 29.6 Å². The number of nitrogens with two attached hydrogens (primary N) is 1. The maximum Gasteiger partial charge on any atom is 0.0113 e. The van der Waals surface area contributed by atoms with Crippen LogP contribution in [-0.2, 0) is 12.8 Å². The molecule has 0 heterocycles. The van der Waals surface area contributed by atoms with Gasteiger partial charge in [0, 0.05) is 12.1 Å². The zero-order valence-electron chi connectivity index (χ0n) is 11.1. The number of hydrogen-bond acceptors (Lipinski definition) is 2. The molecule has 2 heteroatoms. The maximum atomic E-state index is 5.87. The molecule has 0 bridgehead atoms. The molecule has 0 spiro atoms. The fraction of sp³-hybridized carbons (Fsp3) is 0.625. The van der Waals surface area contributed by atoms with Crippen molar-refractivity contribution in [2.24, 2.45) is 11.7 Å². The van der Waals surface area contributed by atoms with Crippen LogP contribution < -0.4 is 11.1 Å². The highest BCUT2D eigenvalue weighted by atomic mass is 15.0. The molecule has 1 aromatic carbocycles. The monoisotopic (exact) mass is 244 g/mol. The third kappa shape index (κ3) is 2.45. The molecular weight excluding hydrogens is 220 g/mol. The Morgan fingerprint density at radius 1 is 1.11 bits per heavy atom. The molecular formula is C16H24N2. The van der Waals surface area contributed by atoms with E-state index in [0.29, 0.717) is 18.0 Å². The molecule has 3 rings (SSSR count). The lowest BCUT2D eigenvalue weighted by Crippen LogP contribution is -2.44. The molecule has 1 saturated carbocycles. The fourth-order valence-corrected chi connectivity index (χ4v) is 3.68. The van der Waals surface area contributed by atoms with Crippen molar-refractivity contribution in [2.45, 2.75) is 50.6 Å². The van der Waals surface area contributed by atoms with E-state index in [1.54, 1.807) is 11.1 Å². The van der Waals surface area contributed by atoms with E-state index in [-0.39, 0.29) is 0 Å². The lowest BCUT2D eigenvalue weighted by atomic mass is 9.87. The van der Waals surface area contributed by atoms with Crippen molar-refractivity contribution in [1.29, 1.82) is 0 Å². The van der Waals surface area contributed by atoms with Gasteiger partial charge in [-0.15, -0.1) is 0 Å². The van der Waals surface area contributed by atoms with Crippen LogP contribution in [-0.4, -0.2) is 18.6 Å². The minimum Gasteiger partial charge on any atom is -0.330 e. The summed E-state index contributed by atoms with van der Waals surface area (Å²) < 4.78 is 0. The molecule has 0 radical (unpaired) electrons. The minimum atomic E-state index is 0.664. The third-order valence-corrected chi connectivity index (χ3v) is 4.76. The molecule has 3 unspecified atom stereocenters. The summed E-state index contributed by atoms with van der Waals surface area (Å²) in [7, 11) is 0. The highest BCUT2D eigenvalue weighted by molar-refractivity contribution is 5.30. The van der Waals surface area contributed by atoms with Gasteiger partial charge in [0.15, 0.2) is 0 Å². The van der Waals surface area contributed by atoms with Crippen LogP contribution in [0.4, 0.5) is 0 Å². The first kappa shape index (κ1) is 12.2. The summed E-state index contributed by atoms with van der Waals surface area (Å²) in [4.78, 5) is 0. The summed E-state index contributed by atoms with van der Waals surface area (Å²) in [6.07, 6.45) is 7.70. The van der Waals surface area contributed by atoms with Crippen LogP contribution >= 0.6 is 0 Å². The fourth-order valence-electron chi connectivity index (χ4n) is 3.68. The molecule has 2 aliphatic rings. The number of hydrogen-bond donors (Lipinski definition) is 2. The van der Waals surface area contributed by atoms with Gasteiger partial charge in [0.2, 0.25) is 0 Å². The van der Waals surface area contributed by atoms with Crippen LogP contribution in [0, 0.1) is 5.92 Å². The summed E-state index contributed by atoms with van der Waals surface area (Å²) >= 11 is 0. The number of benzene rings is 1. The first-order valence-electron chi connectivity index (χ1n) is 7.39.